The topological polar surface area (TPSA) is 73.1 Å². The molecule has 1 amide bonds. The largest absolute Gasteiger partial charge is 0.381 e. The summed E-state index contributed by atoms with van der Waals surface area (Å²) in [5.74, 6) is 0.913. The second-order valence-corrected chi connectivity index (χ2v) is 6.85. The molecule has 0 radical (unpaired) electrons. The zero-order valence-corrected chi connectivity index (χ0v) is 14.5. The van der Waals surface area contributed by atoms with Crippen LogP contribution in [0, 0.1) is 5.92 Å². The molecule has 0 N–H and O–H groups in total. The smallest absolute Gasteiger partial charge is 0.255 e. The Morgan fingerprint density at radius 1 is 1.36 bits per heavy atom. The number of carbonyl (C=O) groups excluding carboxylic acids is 1. The molecule has 0 saturated heterocycles. The summed E-state index contributed by atoms with van der Waals surface area (Å²) < 4.78 is 7.99. The van der Waals surface area contributed by atoms with Gasteiger partial charge in [0.1, 0.15) is 0 Å². The number of aromatic nitrogens is 4. The van der Waals surface area contributed by atoms with Crippen LogP contribution in [0.2, 0.25) is 0 Å². The van der Waals surface area contributed by atoms with Gasteiger partial charge in [0, 0.05) is 31.3 Å². The third-order valence-corrected chi connectivity index (χ3v) is 4.92. The van der Waals surface area contributed by atoms with Gasteiger partial charge in [-0.1, -0.05) is 0 Å². The van der Waals surface area contributed by atoms with Crippen molar-refractivity contribution in [3.05, 3.63) is 41.7 Å². The Morgan fingerprint density at radius 2 is 2.24 bits per heavy atom. The third kappa shape index (κ3) is 3.42. The molecule has 1 aliphatic heterocycles. The quantitative estimate of drug-likeness (QED) is 0.802. The van der Waals surface area contributed by atoms with E-state index in [9.17, 15) is 4.79 Å². The highest BCUT2D eigenvalue weighted by atomic mass is 16.5. The van der Waals surface area contributed by atoms with Gasteiger partial charge in [0.2, 0.25) is 0 Å². The Hall–Kier alpha value is -2.28. The molecule has 1 aliphatic carbocycles. The van der Waals surface area contributed by atoms with E-state index in [1.807, 2.05) is 18.2 Å². The van der Waals surface area contributed by atoms with E-state index in [1.54, 1.807) is 12.3 Å². The molecule has 0 spiro atoms. The molecule has 1 fully saturated rings. The van der Waals surface area contributed by atoms with Gasteiger partial charge in [-0.3, -0.25) is 4.79 Å². The lowest BCUT2D eigenvalue weighted by Crippen LogP contribution is -2.40. The van der Waals surface area contributed by atoms with Crippen molar-refractivity contribution < 1.29 is 9.53 Å². The monoisotopic (exact) mass is 341 g/mol. The fourth-order valence-corrected chi connectivity index (χ4v) is 3.49. The number of fused-ring (bicyclic) bond motifs is 1. The lowest BCUT2D eigenvalue weighted by molar-refractivity contribution is 0.0643. The van der Waals surface area contributed by atoms with Crippen LogP contribution in [0.15, 0.2) is 24.8 Å². The lowest BCUT2D eigenvalue weighted by Gasteiger charge is -2.33. The summed E-state index contributed by atoms with van der Waals surface area (Å²) in [5, 5.41) is 7.56. The first-order valence-electron chi connectivity index (χ1n) is 8.94. The van der Waals surface area contributed by atoms with Crippen molar-refractivity contribution in [3.63, 3.8) is 0 Å². The molecule has 7 heteroatoms. The van der Waals surface area contributed by atoms with Crippen LogP contribution in [0.4, 0.5) is 0 Å². The molecule has 0 aromatic carbocycles. The summed E-state index contributed by atoms with van der Waals surface area (Å²) in [6, 6.07) is 1.70. The Bertz CT molecular complexity index is 741. The zero-order chi connectivity index (χ0) is 17.2. The summed E-state index contributed by atoms with van der Waals surface area (Å²) in [7, 11) is 0. The molecular formula is C18H23N5O2. The second-order valence-electron chi connectivity index (χ2n) is 6.85. The number of carbonyl (C=O) groups is 1. The summed E-state index contributed by atoms with van der Waals surface area (Å²) >= 11 is 0. The number of ether oxygens (including phenoxy) is 1. The van der Waals surface area contributed by atoms with Gasteiger partial charge in [-0.05, 0) is 31.7 Å². The Kier molecular flexibility index (Phi) is 4.48. The van der Waals surface area contributed by atoms with E-state index < -0.39 is 0 Å². The van der Waals surface area contributed by atoms with Crippen molar-refractivity contribution in [2.75, 3.05) is 19.8 Å². The molecule has 4 rings (SSSR count). The standard InChI is InChI=1S/C18H23N5O2/c1-2-25-11-15-9-22(18(24)14-5-6-20-21-7-14)10-16-17(15)23(12-19-16)8-13-3-4-13/h5-7,12-13,15H,2-4,8-11H2,1H3/t15-/m0/s1. The summed E-state index contributed by atoms with van der Waals surface area (Å²) in [5.41, 5.74) is 2.80. The molecule has 1 saturated carbocycles. The first-order chi connectivity index (χ1) is 12.3. The minimum Gasteiger partial charge on any atom is -0.381 e. The van der Waals surface area contributed by atoms with Crippen LogP contribution in [-0.4, -0.2) is 50.3 Å². The highest BCUT2D eigenvalue weighted by Crippen LogP contribution is 2.34. The van der Waals surface area contributed by atoms with Crippen molar-refractivity contribution >= 4 is 5.91 Å². The zero-order valence-electron chi connectivity index (χ0n) is 14.5. The molecular weight excluding hydrogens is 318 g/mol. The van der Waals surface area contributed by atoms with E-state index >= 15 is 0 Å². The first kappa shape index (κ1) is 16.2. The summed E-state index contributed by atoms with van der Waals surface area (Å²) in [4.78, 5) is 19.3. The van der Waals surface area contributed by atoms with E-state index in [0.717, 1.165) is 18.2 Å². The van der Waals surface area contributed by atoms with Crippen LogP contribution in [-0.2, 0) is 17.8 Å². The van der Waals surface area contributed by atoms with Gasteiger partial charge >= 0.3 is 0 Å². The van der Waals surface area contributed by atoms with Crippen LogP contribution in [0.1, 0.15) is 47.4 Å². The molecule has 132 valence electrons. The lowest BCUT2D eigenvalue weighted by atomic mass is 9.98. The van der Waals surface area contributed by atoms with Crippen molar-refractivity contribution in [1.82, 2.24) is 24.6 Å². The number of hydrogen-bond acceptors (Lipinski definition) is 5. The van der Waals surface area contributed by atoms with Crippen LogP contribution in [0.5, 0.6) is 0 Å². The van der Waals surface area contributed by atoms with Gasteiger partial charge in [-0.2, -0.15) is 10.2 Å². The molecule has 7 nitrogen and oxygen atoms in total. The molecule has 25 heavy (non-hydrogen) atoms. The maximum atomic E-state index is 12.8. The van der Waals surface area contributed by atoms with E-state index in [1.165, 1.54) is 24.7 Å². The average molecular weight is 341 g/mol. The van der Waals surface area contributed by atoms with Gasteiger partial charge in [-0.25, -0.2) is 4.98 Å². The number of rotatable bonds is 6. The van der Waals surface area contributed by atoms with Crippen molar-refractivity contribution in [1.29, 1.82) is 0 Å². The van der Waals surface area contributed by atoms with Crippen LogP contribution < -0.4 is 0 Å². The van der Waals surface area contributed by atoms with E-state index in [2.05, 4.69) is 19.7 Å². The predicted molar refractivity (Wildman–Crippen MR) is 91.0 cm³/mol. The normalized spacial score (nSPS) is 19.7. The van der Waals surface area contributed by atoms with E-state index in [4.69, 9.17) is 4.74 Å². The first-order valence-corrected chi connectivity index (χ1v) is 8.94. The molecule has 0 bridgehead atoms. The SMILES string of the molecule is CCOC[C@@H]1CN(C(=O)c2ccnnc2)Cc2ncn(CC3CC3)c21. The van der Waals surface area contributed by atoms with Gasteiger partial charge in [-0.15, -0.1) is 0 Å². The maximum Gasteiger partial charge on any atom is 0.255 e. The van der Waals surface area contributed by atoms with Gasteiger partial charge in [0.05, 0.1) is 43.1 Å². The fraction of sp³-hybridized carbons (Fsp3) is 0.556. The van der Waals surface area contributed by atoms with Crippen LogP contribution in [0.3, 0.4) is 0 Å². The minimum absolute atomic E-state index is 0.0289. The predicted octanol–water partition coefficient (Wildman–Crippen LogP) is 1.86. The van der Waals surface area contributed by atoms with E-state index in [0.29, 0.717) is 31.9 Å². The van der Waals surface area contributed by atoms with Crippen molar-refractivity contribution in [3.8, 4) is 0 Å². The molecule has 0 unspecified atom stereocenters. The molecule has 2 aromatic heterocycles. The highest BCUT2D eigenvalue weighted by Gasteiger charge is 2.34. The number of nitrogens with zero attached hydrogens (tertiary/aromatic N) is 5. The Balaban J connectivity index is 1.59. The summed E-state index contributed by atoms with van der Waals surface area (Å²) in [6.45, 7) is 5.49. The fourth-order valence-electron chi connectivity index (χ4n) is 3.49. The van der Waals surface area contributed by atoms with Crippen molar-refractivity contribution in [2.45, 2.75) is 38.8 Å². The van der Waals surface area contributed by atoms with Crippen LogP contribution in [0.25, 0.3) is 0 Å². The van der Waals surface area contributed by atoms with Crippen LogP contribution >= 0.6 is 0 Å². The van der Waals surface area contributed by atoms with Gasteiger partial charge < -0.3 is 14.2 Å². The maximum absolute atomic E-state index is 12.8. The minimum atomic E-state index is -0.0289. The number of hydrogen-bond donors (Lipinski definition) is 0. The van der Waals surface area contributed by atoms with Gasteiger partial charge in [0.25, 0.3) is 5.91 Å². The molecule has 3 heterocycles. The second kappa shape index (κ2) is 6.92. The molecule has 2 aliphatic rings. The summed E-state index contributed by atoms with van der Waals surface area (Å²) in [6.07, 6.45) is 7.61. The van der Waals surface area contributed by atoms with Crippen molar-refractivity contribution in [2.24, 2.45) is 5.92 Å². The third-order valence-electron chi connectivity index (χ3n) is 4.92. The Labute approximate surface area is 147 Å². The highest BCUT2D eigenvalue weighted by molar-refractivity contribution is 5.93. The van der Waals surface area contributed by atoms with E-state index in [-0.39, 0.29) is 11.8 Å². The Morgan fingerprint density at radius 3 is 2.96 bits per heavy atom. The number of amides is 1. The molecule has 1 atom stereocenters. The average Bonchev–Trinajstić information content (AvgIpc) is 3.38. The molecule has 2 aromatic rings. The number of imidazole rings is 1. The van der Waals surface area contributed by atoms with Gasteiger partial charge in [0.15, 0.2) is 0 Å².